The largest absolute Gasteiger partial charge is 0.469 e. The minimum absolute atomic E-state index is 0.00161. The van der Waals surface area contributed by atoms with Crippen LogP contribution in [0.15, 0.2) is 35.9 Å². The van der Waals surface area contributed by atoms with Crippen LogP contribution in [0.3, 0.4) is 0 Å². The van der Waals surface area contributed by atoms with Crippen molar-refractivity contribution in [2.24, 2.45) is 11.8 Å². The van der Waals surface area contributed by atoms with Crippen LogP contribution in [-0.2, 0) is 16.0 Å². The number of fused-ring (bicyclic) bond motifs is 5. The third-order valence-corrected chi connectivity index (χ3v) is 5.84. The van der Waals surface area contributed by atoms with Crippen LogP contribution < -0.4 is 5.32 Å². The lowest BCUT2D eigenvalue weighted by Gasteiger charge is -2.41. The van der Waals surface area contributed by atoms with Gasteiger partial charge in [-0.3, -0.25) is 4.79 Å². The zero-order chi connectivity index (χ0) is 17.6. The fourth-order valence-corrected chi connectivity index (χ4v) is 4.60. The number of para-hydroxylation sites is 1. The Morgan fingerprint density at radius 2 is 2.16 bits per heavy atom. The molecule has 2 bridgehead atoms. The summed E-state index contributed by atoms with van der Waals surface area (Å²) in [7, 11) is 1.44. The number of hydrogen-bond acceptors (Lipinski definition) is 4. The summed E-state index contributed by atoms with van der Waals surface area (Å²) in [6.45, 7) is 2.74. The number of aliphatic hydroxyl groups is 1. The Bertz CT molecular complexity index is 839. The van der Waals surface area contributed by atoms with Crippen molar-refractivity contribution in [3.8, 4) is 0 Å². The summed E-state index contributed by atoms with van der Waals surface area (Å²) in [6.07, 6.45) is 2.67. The van der Waals surface area contributed by atoms with E-state index in [4.69, 9.17) is 4.74 Å². The monoisotopic (exact) mass is 340 g/mol. The van der Waals surface area contributed by atoms with Gasteiger partial charge in [-0.05, 0) is 37.3 Å². The summed E-state index contributed by atoms with van der Waals surface area (Å²) in [5.41, 5.74) is 4.20. The fraction of sp³-hybridized carbons (Fsp3) is 0.450. The molecule has 0 saturated carbocycles. The molecule has 1 aliphatic carbocycles. The van der Waals surface area contributed by atoms with Crippen molar-refractivity contribution < 1.29 is 14.6 Å². The second kappa shape index (κ2) is 6.32. The number of ether oxygens (including phenoxy) is 1. The topological polar surface area (TPSA) is 74.4 Å². The fourth-order valence-electron chi connectivity index (χ4n) is 4.60. The number of aromatic nitrogens is 1. The van der Waals surface area contributed by atoms with Gasteiger partial charge in [0.15, 0.2) is 0 Å². The van der Waals surface area contributed by atoms with Gasteiger partial charge in [0.2, 0.25) is 0 Å². The minimum Gasteiger partial charge on any atom is -0.469 e. The predicted molar refractivity (Wildman–Crippen MR) is 96.1 cm³/mol. The van der Waals surface area contributed by atoms with Gasteiger partial charge in [0, 0.05) is 29.2 Å². The van der Waals surface area contributed by atoms with Crippen molar-refractivity contribution in [1.29, 1.82) is 0 Å². The van der Waals surface area contributed by atoms with E-state index < -0.39 is 6.10 Å². The van der Waals surface area contributed by atoms with Crippen molar-refractivity contribution in [3.63, 3.8) is 0 Å². The van der Waals surface area contributed by atoms with Crippen LogP contribution in [0.5, 0.6) is 0 Å². The number of aromatic amines is 1. The van der Waals surface area contributed by atoms with Crippen molar-refractivity contribution in [2.75, 3.05) is 13.7 Å². The highest BCUT2D eigenvalue weighted by molar-refractivity contribution is 5.85. The van der Waals surface area contributed by atoms with Gasteiger partial charge in [-0.1, -0.05) is 29.8 Å². The molecule has 0 amide bonds. The van der Waals surface area contributed by atoms with E-state index in [1.165, 1.54) is 12.7 Å². The molecule has 2 aliphatic rings. The highest BCUT2D eigenvalue weighted by atomic mass is 16.5. The number of carbonyl (C=O) groups is 1. The van der Waals surface area contributed by atoms with E-state index in [-0.39, 0.29) is 23.8 Å². The zero-order valence-corrected chi connectivity index (χ0v) is 14.6. The molecule has 3 N–H and O–H groups in total. The highest BCUT2D eigenvalue weighted by Gasteiger charge is 2.44. The Hall–Kier alpha value is -2.11. The first-order chi connectivity index (χ1) is 12.1. The molecule has 25 heavy (non-hydrogen) atoms. The molecule has 1 aliphatic heterocycles. The Labute approximate surface area is 147 Å². The van der Waals surface area contributed by atoms with Gasteiger partial charge in [0.1, 0.15) is 0 Å². The molecule has 5 nitrogen and oxygen atoms in total. The second-order valence-corrected chi connectivity index (χ2v) is 7.02. The summed E-state index contributed by atoms with van der Waals surface area (Å²) in [6, 6.07) is 8.11. The summed E-state index contributed by atoms with van der Waals surface area (Å²) in [5.74, 6) is -0.475. The van der Waals surface area contributed by atoms with Crippen LogP contribution in [0.25, 0.3) is 10.9 Å². The molecule has 1 aromatic carbocycles. The number of H-pyrrole nitrogens is 1. The Balaban J connectivity index is 1.86. The van der Waals surface area contributed by atoms with Crippen LogP contribution in [0.2, 0.25) is 0 Å². The smallest absolute Gasteiger partial charge is 0.310 e. The second-order valence-electron chi connectivity index (χ2n) is 7.02. The lowest BCUT2D eigenvalue weighted by Crippen LogP contribution is -2.53. The van der Waals surface area contributed by atoms with Crippen LogP contribution in [-0.4, -0.2) is 35.8 Å². The van der Waals surface area contributed by atoms with Crippen LogP contribution in [0.4, 0.5) is 0 Å². The van der Waals surface area contributed by atoms with Gasteiger partial charge in [0.25, 0.3) is 0 Å². The van der Waals surface area contributed by atoms with Gasteiger partial charge >= 0.3 is 5.97 Å². The van der Waals surface area contributed by atoms with Gasteiger partial charge in [-0.15, -0.1) is 0 Å². The molecule has 1 fully saturated rings. The van der Waals surface area contributed by atoms with Crippen molar-refractivity contribution >= 4 is 16.9 Å². The molecule has 132 valence electrons. The van der Waals surface area contributed by atoms with E-state index >= 15 is 0 Å². The molecule has 4 atom stereocenters. The normalized spacial score (nSPS) is 30.6. The maximum atomic E-state index is 12.5. The quantitative estimate of drug-likeness (QED) is 0.551. The number of carbonyl (C=O) groups excluding carboxylic acids is 1. The Morgan fingerprint density at radius 1 is 1.36 bits per heavy atom. The number of piperidine rings is 1. The molecule has 1 saturated heterocycles. The molecule has 4 rings (SSSR count). The van der Waals surface area contributed by atoms with Crippen LogP contribution >= 0.6 is 0 Å². The van der Waals surface area contributed by atoms with Crippen molar-refractivity contribution in [1.82, 2.24) is 10.3 Å². The molecular weight excluding hydrogens is 316 g/mol. The summed E-state index contributed by atoms with van der Waals surface area (Å²) in [4.78, 5) is 15.9. The molecule has 5 heteroatoms. The molecule has 0 spiro atoms. The first kappa shape index (κ1) is 16.4. The highest BCUT2D eigenvalue weighted by Crippen LogP contribution is 2.42. The lowest BCUT2D eigenvalue weighted by molar-refractivity contribution is -0.149. The molecule has 1 aromatic heterocycles. The number of nitrogens with one attached hydrogen (secondary N) is 2. The average Bonchev–Trinajstić information content (AvgIpc) is 2.99. The van der Waals surface area contributed by atoms with E-state index in [0.29, 0.717) is 12.8 Å². The van der Waals surface area contributed by atoms with Crippen molar-refractivity contribution in [3.05, 3.63) is 47.2 Å². The van der Waals surface area contributed by atoms with E-state index in [0.717, 1.165) is 28.7 Å². The van der Waals surface area contributed by atoms with E-state index in [2.05, 4.69) is 22.4 Å². The Morgan fingerprint density at radius 3 is 2.92 bits per heavy atom. The predicted octanol–water partition coefficient (Wildman–Crippen LogP) is 2.47. The van der Waals surface area contributed by atoms with E-state index in [1.807, 2.05) is 25.1 Å². The van der Waals surface area contributed by atoms with Gasteiger partial charge in [0.05, 0.1) is 19.1 Å². The third-order valence-electron chi connectivity index (χ3n) is 5.84. The number of allylic oxidation sites excluding steroid dienone is 1. The number of esters is 1. The first-order valence-electron chi connectivity index (χ1n) is 8.87. The maximum absolute atomic E-state index is 12.5. The third kappa shape index (κ3) is 2.58. The standard InChI is InChI=1S/C20H24N2O3/c1-3-11-10-21-16-8-14-12-6-4-5-7-15(12)22-19(14)17(23)9-13(11)18(16)20(24)25-2/h3-7,13,16-18,21-23H,8-10H2,1-2H3/b11-3-/t13?,16-,17-,18?/m0/s1. The Kier molecular flexibility index (Phi) is 4.13. The molecule has 2 heterocycles. The average molecular weight is 340 g/mol. The van der Waals surface area contributed by atoms with Gasteiger partial charge in [-0.25, -0.2) is 0 Å². The number of methoxy groups -OCH3 is 1. The molecule has 0 radical (unpaired) electrons. The SMILES string of the molecule is C/C=C1/CN[C@H]2Cc3c([nH]c4ccccc34)[C@@H](O)CC1C2C(=O)OC. The van der Waals surface area contributed by atoms with Gasteiger partial charge in [-0.2, -0.15) is 0 Å². The van der Waals surface area contributed by atoms with Crippen molar-refractivity contribution in [2.45, 2.75) is 31.9 Å². The number of hydrogen-bond donors (Lipinski definition) is 3. The number of aliphatic hydroxyl groups excluding tert-OH is 1. The summed E-state index contributed by atoms with van der Waals surface area (Å²) >= 11 is 0. The van der Waals surface area contributed by atoms with Crippen LogP contribution in [0, 0.1) is 11.8 Å². The number of benzene rings is 1. The molecule has 2 aromatic rings. The maximum Gasteiger partial charge on any atom is 0.310 e. The van der Waals surface area contributed by atoms with E-state index in [1.54, 1.807) is 0 Å². The molecular formula is C20H24N2O3. The van der Waals surface area contributed by atoms with Gasteiger partial charge < -0.3 is 20.1 Å². The first-order valence-corrected chi connectivity index (χ1v) is 8.87. The van der Waals surface area contributed by atoms with Crippen LogP contribution in [0.1, 0.15) is 30.7 Å². The molecule has 2 unspecified atom stereocenters. The zero-order valence-electron chi connectivity index (χ0n) is 14.6. The van der Waals surface area contributed by atoms with E-state index in [9.17, 15) is 9.90 Å². The summed E-state index contributed by atoms with van der Waals surface area (Å²) in [5, 5.41) is 15.6. The summed E-state index contributed by atoms with van der Waals surface area (Å²) < 4.78 is 5.11. The number of rotatable bonds is 1. The lowest BCUT2D eigenvalue weighted by atomic mass is 9.71. The minimum atomic E-state index is -0.617.